The van der Waals surface area contributed by atoms with Crippen molar-refractivity contribution in [1.82, 2.24) is 24.5 Å². The molecule has 4 aromatic rings. The molecule has 4 heterocycles. The van der Waals surface area contributed by atoms with E-state index in [0.717, 1.165) is 11.3 Å². The van der Waals surface area contributed by atoms with Crippen molar-refractivity contribution in [2.45, 2.75) is 26.8 Å². The van der Waals surface area contributed by atoms with Crippen LogP contribution in [0.3, 0.4) is 0 Å². The number of rotatable bonds is 6. The highest BCUT2D eigenvalue weighted by atomic mass is 35.5. The fraction of sp³-hybridized carbons (Fsp3) is 0.250. The van der Waals surface area contributed by atoms with Crippen LogP contribution >= 0.6 is 22.9 Å². The van der Waals surface area contributed by atoms with Gasteiger partial charge in [0, 0.05) is 36.4 Å². The molecule has 9 nitrogen and oxygen atoms in total. The first-order chi connectivity index (χ1) is 15.6. The molecule has 0 unspecified atom stereocenters. The summed E-state index contributed by atoms with van der Waals surface area (Å²) in [5, 5.41) is 11.4. The highest BCUT2D eigenvalue weighted by molar-refractivity contribution is 7.21. The second kappa shape index (κ2) is 8.52. The molecule has 0 aromatic carbocycles. The smallest absolute Gasteiger partial charge is 0.280 e. The van der Waals surface area contributed by atoms with E-state index in [2.05, 4.69) is 20.5 Å². The lowest BCUT2D eigenvalue weighted by atomic mass is 10.0. The number of fused-ring (bicyclic) bond motifs is 1. The number of pyridine rings is 1. The standard InChI is InChI=1S/C20H18ClF2N7O2S/c1-4-30-7-11(21)14(28-30)19(32)27-15-13-9(10-6-25-29(3)8(10)2)5-12(17(22)23)26-20(13)33-16(15)18(24)31/h5-7,17H,4H2,1-3H3,(H2,24,31)(H,27,32). The number of amides is 2. The van der Waals surface area contributed by atoms with Gasteiger partial charge in [0.1, 0.15) is 15.4 Å². The van der Waals surface area contributed by atoms with Crippen LogP contribution in [-0.2, 0) is 13.6 Å². The van der Waals surface area contributed by atoms with Crippen LogP contribution in [0.25, 0.3) is 21.3 Å². The van der Waals surface area contributed by atoms with Gasteiger partial charge in [-0.25, -0.2) is 13.8 Å². The SMILES string of the molecule is CCn1cc(Cl)c(C(=O)Nc2c(C(N)=O)sc3nc(C(F)F)cc(-c4cnn(C)c4C)c23)n1. The average molecular weight is 494 g/mol. The van der Waals surface area contributed by atoms with E-state index in [9.17, 15) is 18.4 Å². The first-order valence-corrected chi connectivity index (χ1v) is 10.9. The Balaban J connectivity index is 1.97. The third-order valence-corrected chi connectivity index (χ3v) is 6.52. The summed E-state index contributed by atoms with van der Waals surface area (Å²) in [5.74, 6) is -1.52. The van der Waals surface area contributed by atoms with Gasteiger partial charge in [0.2, 0.25) is 0 Å². The number of aryl methyl sites for hydroxylation is 2. The summed E-state index contributed by atoms with van der Waals surface area (Å²) in [4.78, 5) is 29.3. The number of thiophene rings is 1. The van der Waals surface area contributed by atoms with Crippen molar-refractivity contribution < 1.29 is 18.4 Å². The van der Waals surface area contributed by atoms with Gasteiger partial charge in [-0.3, -0.25) is 19.0 Å². The minimum Gasteiger partial charge on any atom is -0.365 e. The number of nitrogens with two attached hydrogens (primary N) is 1. The van der Waals surface area contributed by atoms with Crippen LogP contribution in [0, 0.1) is 6.92 Å². The summed E-state index contributed by atoms with van der Waals surface area (Å²) in [7, 11) is 1.71. The van der Waals surface area contributed by atoms with E-state index in [1.54, 1.807) is 18.7 Å². The Labute approximate surface area is 195 Å². The van der Waals surface area contributed by atoms with Crippen molar-refractivity contribution in [3.63, 3.8) is 0 Å². The Hall–Kier alpha value is -3.38. The molecule has 3 N–H and O–H groups in total. The number of hydrogen-bond donors (Lipinski definition) is 2. The number of nitrogens with one attached hydrogen (secondary N) is 1. The third-order valence-electron chi connectivity index (χ3n) is 5.15. The number of hydrogen-bond acceptors (Lipinski definition) is 6. The molecule has 2 amide bonds. The van der Waals surface area contributed by atoms with Crippen molar-refractivity contribution in [3.05, 3.63) is 45.4 Å². The number of alkyl halides is 2. The normalized spacial score (nSPS) is 11.5. The highest BCUT2D eigenvalue weighted by Crippen LogP contribution is 2.43. The molecular weight excluding hydrogens is 476 g/mol. The van der Waals surface area contributed by atoms with Crippen LogP contribution in [0.15, 0.2) is 18.5 Å². The van der Waals surface area contributed by atoms with Crippen LogP contribution < -0.4 is 11.1 Å². The van der Waals surface area contributed by atoms with Gasteiger partial charge in [-0.1, -0.05) is 11.6 Å². The summed E-state index contributed by atoms with van der Waals surface area (Å²) >= 11 is 6.96. The number of aromatic nitrogens is 5. The van der Waals surface area contributed by atoms with Crippen molar-refractivity contribution in [2.75, 3.05) is 5.32 Å². The molecule has 4 rings (SSSR count). The van der Waals surface area contributed by atoms with E-state index >= 15 is 0 Å². The molecule has 0 bridgehead atoms. The average Bonchev–Trinajstić information content (AvgIpc) is 3.43. The van der Waals surface area contributed by atoms with Crippen molar-refractivity contribution in [1.29, 1.82) is 0 Å². The summed E-state index contributed by atoms with van der Waals surface area (Å²) in [6, 6.07) is 1.23. The van der Waals surface area contributed by atoms with Gasteiger partial charge in [0.25, 0.3) is 18.2 Å². The first-order valence-electron chi connectivity index (χ1n) is 9.71. The number of nitrogens with zero attached hydrogens (tertiary/aromatic N) is 5. The first kappa shape index (κ1) is 22.8. The lowest BCUT2D eigenvalue weighted by Crippen LogP contribution is -2.17. The van der Waals surface area contributed by atoms with Crippen LogP contribution in [0.5, 0.6) is 0 Å². The Bertz CT molecular complexity index is 1410. The molecule has 0 saturated carbocycles. The van der Waals surface area contributed by atoms with Gasteiger partial charge in [0.15, 0.2) is 5.69 Å². The maximum Gasteiger partial charge on any atom is 0.280 e. The largest absolute Gasteiger partial charge is 0.365 e. The van der Waals surface area contributed by atoms with Crippen LogP contribution in [0.4, 0.5) is 14.5 Å². The van der Waals surface area contributed by atoms with Gasteiger partial charge in [-0.05, 0) is 25.5 Å². The zero-order chi connectivity index (χ0) is 24.0. The minimum atomic E-state index is -2.85. The van der Waals surface area contributed by atoms with E-state index < -0.39 is 23.9 Å². The lowest BCUT2D eigenvalue weighted by Gasteiger charge is -2.10. The molecule has 0 aliphatic rings. The Morgan fingerprint density at radius 1 is 1.33 bits per heavy atom. The summed E-state index contributed by atoms with van der Waals surface area (Å²) in [6.45, 7) is 4.09. The maximum atomic E-state index is 13.6. The van der Waals surface area contributed by atoms with E-state index in [1.807, 2.05) is 6.92 Å². The van der Waals surface area contributed by atoms with Gasteiger partial charge >= 0.3 is 0 Å². The topological polar surface area (TPSA) is 121 Å². The number of carbonyl (C=O) groups is 2. The van der Waals surface area contributed by atoms with E-state index in [4.69, 9.17) is 17.3 Å². The van der Waals surface area contributed by atoms with Gasteiger partial charge in [0.05, 0.1) is 16.9 Å². The molecule has 4 aromatic heterocycles. The number of halogens is 3. The molecule has 0 spiro atoms. The zero-order valence-electron chi connectivity index (χ0n) is 17.7. The maximum absolute atomic E-state index is 13.6. The van der Waals surface area contributed by atoms with Gasteiger partial charge in [-0.2, -0.15) is 10.2 Å². The molecule has 0 fully saturated rings. The number of primary amides is 1. The molecule has 0 atom stereocenters. The molecule has 0 aliphatic heterocycles. The number of carbonyl (C=O) groups excluding carboxylic acids is 2. The third kappa shape index (κ3) is 3.95. The van der Waals surface area contributed by atoms with Crippen molar-refractivity contribution in [2.24, 2.45) is 12.8 Å². The summed E-state index contributed by atoms with van der Waals surface area (Å²) in [6.07, 6.45) is 0.170. The fourth-order valence-electron chi connectivity index (χ4n) is 3.38. The molecule has 33 heavy (non-hydrogen) atoms. The minimum absolute atomic E-state index is 0.0360. The molecule has 0 saturated heterocycles. The second-order valence-electron chi connectivity index (χ2n) is 7.15. The molecule has 0 aliphatic carbocycles. The molecule has 0 radical (unpaired) electrons. The van der Waals surface area contributed by atoms with Crippen LogP contribution in [0.2, 0.25) is 5.02 Å². The predicted octanol–water partition coefficient (Wildman–Crippen LogP) is 4.16. The Morgan fingerprint density at radius 3 is 2.61 bits per heavy atom. The zero-order valence-corrected chi connectivity index (χ0v) is 19.3. The summed E-state index contributed by atoms with van der Waals surface area (Å²) in [5.41, 5.74) is 6.66. The van der Waals surface area contributed by atoms with Gasteiger partial charge in [-0.15, -0.1) is 11.3 Å². The Kier molecular flexibility index (Phi) is 5.89. The summed E-state index contributed by atoms with van der Waals surface area (Å²) < 4.78 is 30.3. The number of anilines is 1. The molecular formula is C20H18ClF2N7O2S. The van der Waals surface area contributed by atoms with Crippen molar-refractivity contribution in [3.8, 4) is 11.1 Å². The predicted molar refractivity (Wildman–Crippen MR) is 121 cm³/mol. The van der Waals surface area contributed by atoms with Crippen LogP contribution in [0.1, 0.15) is 44.9 Å². The monoisotopic (exact) mass is 493 g/mol. The van der Waals surface area contributed by atoms with E-state index in [-0.39, 0.29) is 26.1 Å². The molecule has 13 heteroatoms. The van der Waals surface area contributed by atoms with Gasteiger partial charge < -0.3 is 11.1 Å². The van der Waals surface area contributed by atoms with E-state index in [1.165, 1.54) is 23.1 Å². The Morgan fingerprint density at radius 2 is 2.06 bits per heavy atom. The fourth-order valence-corrected chi connectivity index (χ4v) is 4.63. The van der Waals surface area contributed by atoms with E-state index in [0.29, 0.717) is 28.8 Å². The quantitative estimate of drug-likeness (QED) is 0.417. The second-order valence-corrected chi connectivity index (χ2v) is 8.55. The highest BCUT2D eigenvalue weighted by Gasteiger charge is 2.27. The molecule has 172 valence electrons. The van der Waals surface area contributed by atoms with Crippen LogP contribution in [-0.4, -0.2) is 36.4 Å². The van der Waals surface area contributed by atoms with Crippen molar-refractivity contribution >= 4 is 50.7 Å². The lowest BCUT2D eigenvalue weighted by molar-refractivity contribution is 0.100.